The molecule has 1 N–H and O–H groups in total. The summed E-state index contributed by atoms with van der Waals surface area (Å²) in [7, 11) is 0. The van der Waals surface area contributed by atoms with Gasteiger partial charge in [-0.2, -0.15) is 0 Å². The van der Waals surface area contributed by atoms with Crippen molar-refractivity contribution in [3.63, 3.8) is 0 Å². The Balaban J connectivity index is 1.68. The quantitative estimate of drug-likeness (QED) is 0.178. The maximum Gasteiger partial charge on any atom is 0.417 e. The number of halogens is 1. The van der Waals surface area contributed by atoms with Gasteiger partial charge in [-0.25, -0.2) is 9.69 Å². The molecule has 1 saturated heterocycles. The maximum absolute atomic E-state index is 14.3. The number of furan rings is 1. The van der Waals surface area contributed by atoms with E-state index in [1.54, 1.807) is 6.07 Å². The molecule has 9 heteroatoms. The summed E-state index contributed by atoms with van der Waals surface area (Å²) in [6.45, 7) is 1.50. The summed E-state index contributed by atoms with van der Waals surface area (Å²) in [6, 6.07) is 19.8. The average molecular weight is 613 g/mol. The molecule has 4 rings (SSSR count). The maximum atomic E-state index is 14.3. The number of aliphatic hydroxyl groups is 1. The van der Waals surface area contributed by atoms with E-state index in [1.165, 1.54) is 6.92 Å². The Kier molecular flexibility index (Phi) is 10.5. The number of hydrogen-bond donors (Lipinski definition) is 1. The van der Waals surface area contributed by atoms with E-state index in [1.807, 2.05) is 60.7 Å². The lowest BCUT2D eigenvalue weighted by atomic mass is 9.90. The largest absolute Gasteiger partial charge is 0.461 e. The summed E-state index contributed by atoms with van der Waals surface area (Å²) in [5, 5.41) is 9.01. The van der Waals surface area contributed by atoms with Crippen LogP contribution in [-0.4, -0.2) is 41.2 Å². The third kappa shape index (κ3) is 7.40. The van der Waals surface area contributed by atoms with Crippen molar-refractivity contribution in [1.82, 2.24) is 4.90 Å². The minimum absolute atomic E-state index is 0.0393. The number of amides is 2. The molecule has 0 radical (unpaired) electrons. The van der Waals surface area contributed by atoms with Crippen LogP contribution in [-0.2, 0) is 31.9 Å². The van der Waals surface area contributed by atoms with Gasteiger partial charge in [-0.1, -0.05) is 73.5 Å². The Bertz CT molecular complexity index is 1280. The van der Waals surface area contributed by atoms with Crippen molar-refractivity contribution < 1.29 is 33.4 Å². The van der Waals surface area contributed by atoms with E-state index in [9.17, 15) is 14.4 Å². The van der Waals surface area contributed by atoms with Crippen LogP contribution in [0, 0.1) is 5.92 Å². The number of aliphatic hydroxyl groups excluding tert-OH is 1. The topological polar surface area (TPSA) is 106 Å². The van der Waals surface area contributed by atoms with Crippen LogP contribution in [0.2, 0.25) is 0 Å². The summed E-state index contributed by atoms with van der Waals surface area (Å²) in [4.78, 5) is 40.7. The molecule has 3 aromatic rings. The molecule has 1 aromatic heterocycles. The number of aryl methyl sites for hydroxylation is 1. The van der Waals surface area contributed by atoms with Crippen LogP contribution >= 0.6 is 15.9 Å². The van der Waals surface area contributed by atoms with E-state index < -0.39 is 36.0 Å². The van der Waals surface area contributed by atoms with Gasteiger partial charge < -0.3 is 19.0 Å². The third-order valence-electron chi connectivity index (χ3n) is 6.94. The molecule has 40 heavy (non-hydrogen) atoms. The molecule has 212 valence electrons. The number of cyclic esters (lactones) is 1. The molecule has 0 spiro atoms. The highest BCUT2D eigenvalue weighted by Gasteiger charge is 2.46. The SMILES string of the molecule is CC(=O)O[C@@H](c1cc(Br)c(CCCCCCO)o1)[C@@H](Cc1ccccc1)C(=O)N1C(=O)OC[C@H]1c1ccccc1. The number of carbonyl (C=O) groups excluding carboxylic acids is 3. The highest BCUT2D eigenvalue weighted by Crippen LogP contribution is 2.38. The standard InChI is InChI=1S/C31H34BrNO7/c1-21(35)39-29(28-19-25(32)27(40-28)16-10-2-3-11-17-34)24(18-22-12-6-4-7-13-22)30(36)33-26(20-38-31(33)37)23-14-8-5-9-15-23/h4-9,12-15,19,24,26,29,34H,2-3,10-11,16-18,20H2,1H3/t24-,26+,29-/m1/s1. The molecular formula is C31H34BrNO7. The number of unbranched alkanes of at least 4 members (excludes halogenated alkanes) is 3. The van der Waals surface area contributed by atoms with Crippen molar-refractivity contribution in [2.24, 2.45) is 5.92 Å². The highest BCUT2D eigenvalue weighted by atomic mass is 79.9. The van der Waals surface area contributed by atoms with Gasteiger partial charge in [0.05, 0.1) is 10.4 Å². The molecule has 1 fully saturated rings. The minimum Gasteiger partial charge on any atom is -0.461 e. The molecule has 0 bridgehead atoms. The first-order valence-electron chi connectivity index (χ1n) is 13.5. The molecule has 0 aliphatic carbocycles. The van der Waals surface area contributed by atoms with Crippen molar-refractivity contribution in [2.45, 2.75) is 57.6 Å². The Hall–Kier alpha value is -3.43. The molecule has 1 aliphatic heterocycles. The van der Waals surface area contributed by atoms with Crippen molar-refractivity contribution >= 4 is 33.9 Å². The van der Waals surface area contributed by atoms with Gasteiger partial charge in [0.25, 0.3) is 0 Å². The molecule has 2 amide bonds. The van der Waals surface area contributed by atoms with Gasteiger partial charge in [0, 0.05) is 20.0 Å². The Labute approximate surface area is 242 Å². The van der Waals surface area contributed by atoms with E-state index in [4.69, 9.17) is 19.0 Å². The van der Waals surface area contributed by atoms with Gasteiger partial charge in [-0.05, 0) is 52.4 Å². The third-order valence-corrected chi connectivity index (χ3v) is 7.61. The number of hydrogen-bond acceptors (Lipinski definition) is 7. The van der Waals surface area contributed by atoms with Gasteiger partial charge in [0.2, 0.25) is 5.91 Å². The van der Waals surface area contributed by atoms with Gasteiger partial charge in [-0.15, -0.1) is 0 Å². The molecule has 3 atom stereocenters. The van der Waals surface area contributed by atoms with E-state index >= 15 is 0 Å². The monoisotopic (exact) mass is 611 g/mol. The number of carbonyl (C=O) groups is 3. The second-order valence-corrected chi connectivity index (χ2v) is 10.7. The summed E-state index contributed by atoms with van der Waals surface area (Å²) in [6.07, 6.45) is 2.50. The normalized spacial score (nSPS) is 16.4. The molecule has 0 saturated carbocycles. The first kappa shape index (κ1) is 29.6. The molecule has 0 unspecified atom stereocenters. The van der Waals surface area contributed by atoms with Crippen LogP contribution in [0.15, 0.2) is 75.6 Å². The summed E-state index contributed by atoms with van der Waals surface area (Å²) < 4.78 is 18.0. The first-order chi connectivity index (χ1) is 19.4. The van der Waals surface area contributed by atoms with E-state index in [0.717, 1.165) is 46.2 Å². The predicted octanol–water partition coefficient (Wildman–Crippen LogP) is 6.32. The number of esters is 1. The predicted molar refractivity (Wildman–Crippen MR) is 151 cm³/mol. The van der Waals surface area contributed by atoms with Gasteiger partial charge >= 0.3 is 12.1 Å². The fraction of sp³-hybridized carbons (Fsp3) is 0.387. The molecular weight excluding hydrogens is 578 g/mol. The Morgan fingerprint density at radius 2 is 1.73 bits per heavy atom. The fourth-order valence-electron chi connectivity index (χ4n) is 4.96. The second-order valence-electron chi connectivity index (χ2n) is 9.85. The lowest BCUT2D eigenvalue weighted by Gasteiger charge is -2.29. The summed E-state index contributed by atoms with van der Waals surface area (Å²) in [5.41, 5.74) is 1.62. The number of imide groups is 1. The zero-order valence-corrected chi connectivity index (χ0v) is 24.0. The lowest BCUT2D eigenvalue weighted by molar-refractivity contribution is -0.155. The fourth-order valence-corrected chi connectivity index (χ4v) is 5.47. The Morgan fingerprint density at radius 1 is 1.05 bits per heavy atom. The van der Waals surface area contributed by atoms with Crippen molar-refractivity contribution in [2.75, 3.05) is 13.2 Å². The van der Waals surface area contributed by atoms with Gasteiger partial charge in [0.1, 0.15) is 24.2 Å². The highest BCUT2D eigenvalue weighted by molar-refractivity contribution is 9.10. The van der Waals surface area contributed by atoms with Crippen LogP contribution in [0.25, 0.3) is 0 Å². The van der Waals surface area contributed by atoms with Crippen LogP contribution in [0.3, 0.4) is 0 Å². The van der Waals surface area contributed by atoms with Gasteiger partial charge in [-0.3, -0.25) is 9.59 Å². The smallest absolute Gasteiger partial charge is 0.417 e. The van der Waals surface area contributed by atoms with Crippen LogP contribution < -0.4 is 0 Å². The van der Waals surface area contributed by atoms with Crippen LogP contribution in [0.5, 0.6) is 0 Å². The van der Waals surface area contributed by atoms with Crippen molar-refractivity contribution in [3.8, 4) is 0 Å². The van der Waals surface area contributed by atoms with E-state index in [2.05, 4.69) is 15.9 Å². The minimum atomic E-state index is -1.07. The van der Waals surface area contributed by atoms with Crippen LogP contribution in [0.1, 0.15) is 67.4 Å². The number of benzene rings is 2. The van der Waals surface area contributed by atoms with Gasteiger partial charge in [0.15, 0.2) is 6.10 Å². The molecule has 2 heterocycles. The molecule has 1 aliphatic rings. The van der Waals surface area contributed by atoms with Crippen molar-refractivity contribution in [3.05, 3.63) is 93.9 Å². The van der Waals surface area contributed by atoms with Crippen LogP contribution in [0.4, 0.5) is 4.79 Å². The number of ether oxygens (including phenoxy) is 2. The lowest BCUT2D eigenvalue weighted by Crippen LogP contribution is -2.42. The zero-order valence-electron chi connectivity index (χ0n) is 22.5. The molecule has 8 nitrogen and oxygen atoms in total. The molecule has 2 aromatic carbocycles. The number of rotatable bonds is 13. The second kappa shape index (κ2) is 14.3. The summed E-state index contributed by atoms with van der Waals surface area (Å²) in [5.74, 6) is -1.03. The van der Waals surface area contributed by atoms with Crippen molar-refractivity contribution in [1.29, 1.82) is 0 Å². The van der Waals surface area contributed by atoms with E-state index in [-0.39, 0.29) is 19.6 Å². The first-order valence-corrected chi connectivity index (χ1v) is 14.3. The average Bonchev–Trinajstić information content (AvgIpc) is 3.53. The van der Waals surface area contributed by atoms with E-state index in [0.29, 0.717) is 17.9 Å². The Morgan fingerprint density at radius 3 is 2.40 bits per heavy atom. The zero-order chi connectivity index (χ0) is 28.5. The summed E-state index contributed by atoms with van der Waals surface area (Å²) >= 11 is 3.56. The number of nitrogens with zero attached hydrogens (tertiary/aromatic N) is 1.